The maximum atomic E-state index is 6.01. The Morgan fingerprint density at radius 1 is 1.21 bits per heavy atom. The first-order valence-corrected chi connectivity index (χ1v) is 5.58. The van der Waals surface area contributed by atoms with Crippen molar-refractivity contribution in [2.24, 2.45) is 0 Å². The molecule has 80 valence electrons. The molecule has 1 aromatic rings. The van der Waals surface area contributed by atoms with Gasteiger partial charge in [-0.05, 0) is 19.3 Å². The summed E-state index contributed by atoms with van der Waals surface area (Å²) in [4.78, 5) is 0. The van der Waals surface area contributed by atoms with Crippen LogP contribution in [0, 0.1) is 0 Å². The van der Waals surface area contributed by atoms with Gasteiger partial charge < -0.3 is 5.73 Å². The van der Waals surface area contributed by atoms with Gasteiger partial charge in [-0.25, -0.2) is 0 Å². The Labute approximate surface area is 86.3 Å². The quantitative estimate of drug-likeness (QED) is 0.784. The van der Waals surface area contributed by atoms with Gasteiger partial charge in [0.15, 0.2) is 0 Å². The highest BCUT2D eigenvalue weighted by Gasteiger charge is 2.11. The van der Waals surface area contributed by atoms with Gasteiger partial charge in [-0.15, -0.1) is 0 Å². The number of unbranched alkanes of at least 4 members (excludes halogenated alkanes) is 1. The lowest BCUT2D eigenvalue weighted by molar-refractivity contribution is 0.546. The van der Waals surface area contributed by atoms with Gasteiger partial charge in [-0.1, -0.05) is 27.2 Å². The summed E-state index contributed by atoms with van der Waals surface area (Å²) in [5.74, 6) is 0. The van der Waals surface area contributed by atoms with Crippen LogP contribution >= 0.6 is 0 Å². The van der Waals surface area contributed by atoms with Crippen molar-refractivity contribution >= 4 is 5.69 Å². The van der Waals surface area contributed by atoms with E-state index in [2.05, 4.69) is 30.6 Å². The van der Waals surface area contributed by atoms with E-state index in [1.54, 1.807) is 0 Å². The molecule has 2 N–H and O–H groups in total. The molecule has 0 bridgehead atoms. The molecule has 0 saturated heterocycles. The molecule has 0 atom stereocenters. The number of hydrogen-bond donors (Lipinski definition) is 1. The highest BCUT2D eigenvalue weighted by Crippen LogP contribution is 2.18. The Morgan fingerprint density at radius 2 is 1.93 bits per heavy atom. The Morgan fingerprint density at radius 3 is 2.43 bits per heavy atom. The van der Waals surface area contributed by atoms with Gasteiger partial charge in [0.05, 0.1) is 17.1 Å². The van der Waals surface area contributed by atoms with E-state index >= 15 is 0 Å². The van der Waals surface area contributed by atoms with E-state index in [9.17, 15) is 0 Å². The van der Waals surface area contributed by atoms with Crippen molar-refractivity contribution in [1.82, 2.24) is 9.78 Å². The highest BCUT2D eigenvalue weighted by atomic mass is 15.3. The number of nitrogens with two attached hydrogens (primary N) is 1. The van der Waals surface area contributed by atoms with Crippen LogP contribution in [0.3, 0.4) is 0 Å². The van der Waals surface area contributed by atoms with Crippen LogP contribution in [0.15, 0.2) is 0 Å². The monoisotopic (exact) mass is 195 g/mol. The first kappa shape index (κ1) is 11.1. The minimum absolute atomic E-state index is 0.908. The molecule has 0 amide bonds. The number of aryl methyl sites for hydroxylation is 2. The summed E-state index contributed by atoms with van der Waals surface area (Å²) >= 11 is 0. The lowest BCUT2D eigenvalue weighted by Gasteiger charge is -2.04. The maximum Gasteiger partial charge on any atom is 0.0854 e. The largest absolute Gasteiger partial charge is 0.396 e. The van der Waals surface area contributed by atoms with Crippen molar-refractivity contribution in [3.8, 4) is 0 Å². The molecule has 0 fully saturated rings. The van der Waals surface area contributed by atoms with Crippen LogP contribution in [0.2, 0.25) is 0 Å². The van der Waals surface area contributed by atoms with E-state index in [1.165, 1.54) is 18.5 Å². The third kappa shape index (κ3) is 2.08. The summed E-state index contributed by atoms with van der Waals surface area (Å²) in [6, 6.07) is 0. The second-order valence-electron chi connectivity index (χ2n) is 3.59. The van der Waals surface area contributed by atoms with Gasteiger partial charge in [-0.3, -0.25) is 4.68 Å². The molecule has 0 saturated carbocycles. The molecule has 1 rings (SSSR count). The van der Waals surface area contributed by atoms with E-state index in [4.69, 9.17) is 5.73 Å². The topological polar surface area (TPSA) is 43.8 Å². The van der Waals surface area contributed by atoms with E-state index in [-0.39, 0.29) is 0 Å². The van der Waals surface area contributed by atoms with E-state index < -0.39 is 0 Å². The first-order valence-electron chi connectivity index (χ1n) is 5.58. The van der Waals surface area contributed by atoms with Crippen molar-refractivity contribution in [1.29, 1.82) is 0 Å². The minimum Gasteiger partial charge on any atom is -0.396 e. The summed E-state index contributed by atoms with van der Waals surface area (Å²) in [5, 5.41) is 4.53. The number of nitrogens with zero attached hydrogens (tertiary/aromatic N) is 2. The van der Waals surface area contributed by atoms with Crippen LogP contribution in [0.1, 0.15) is 45.0 Å². The van der Waals surface area contributed by atoms with Crippen LogP contribution in [0.4, 0.5) is 5.69 Å². The average Bonchev–Trinajstić information content (AvgIpc) is 2.51. The lowest BCUT2D eigenvalue weighted by Crippen LogP contribution is -2.05. The zero-order valence-corrected chi connectivity index (χ0v) is 9.51. The van der Waals surface area contributed by atoms with Gasteiger partial charge in [0, 0.05) is 6.54 Å². The second kappa shape index (κ2) is 5.03. The predicted molar refractivity (Wildman–Crippen MR) is 60.3 cm³/mol. The Hall–Kier alpha value is -0.990. The normalized spacial score (nSPS) is 10.8. The molecule has 0 aliphatic heterocycles. The Kier molecular flexibility index (Phi) is 3.98. The van der Waals surface area contributed by atoms with E-state index in [1.807, 2.05) is 0 Å². The molecule has 1 aromatic heterocycles. The molecule has 3 heteroatoms. The van der Waals surface area contributed by atoms with Gasteiger partial charge in [0.1, 0.15) is 0 Å². The van der Waals surface area contributed by atoms with Crippen LogP contribution in [0.25, 0.3) is 0 Å². The van der Waals surface area contributed by atoms with Gasteiger partial charge in [0.2, 0.25) is 0 Å². The fraction of sp³-hybridized carbons (Fsp3) is 0.727. The maximum absolute atomic E-state index is 6.01. The van der Waals surface area contributed by atoms with Crippen molar-refractivity contribution in [2.45, 2.75) is 53.0 Å². The average molecular weight is 195 g/mol. The second-order valence-corrected chi connectivity index (χ2v) is 3.59. The molecule has 0 aliphatic carbocycles. The lowest BCUT2D eigenvalue weighted by atomic mass is 10.2. The SMILES string of the molecule is CCCCn1nc(CC)c(N)c1CC. The zero-order valence-electron chi connectivity index (χ0n) is 9.51. The molecule has 0 aliphatic rings. The molecular formula is C11H21N3. The molecule has 0 spiro atoms. The Bertz CT molecular complexity index is 289. The molecule has 0 aromatic carbocycles. The van der Waals surface area contributed by atoms with E-state index in [0.29, 0.717) is 0 Å². The summed E-state index contributed by atoms with van der Waals surface area (Å²) in [6.45, 7) is 7.43. The van der Waals surface area contributed by atoms with Crippen LogP contribution in [-0.2, 0) is 19.4 Å². The van der Waals surface area contributed by atoms with Crippen molar-refractivity contribution < 1.29 is 0 Å². The van der Waals surface area contributed by atoms with Crippen molar-refractivity contribution in [3.63, 3.8) is 0 Å². The molecule has 3 nitrogen and oxygen atoms in total. The third-order valence-corrected chi connectivity index (χ3v) is 2.57. The van der Waals surface area contributed by atoms with Crippen LogP contribution < -0.4 is 5.73 Å². The van der Waals surface area contributed by atoms with Gasteiger partial charge in [0.25, 0.3) is 0 Å². The van der Waals surface area contributed by atoms with Crippen molar-refractivity contribution in [3.05, 3.63) is 11.4 Å². The smallest absolute Gasteiger partial charge is 0.0854 e. The predicted octanol–water partition coefficient (Wildman–Crippen LogP) is 2.39. The van der Waals surface area contributed by atoms with Gasteiger partial charge in [-0.2, -0.15) is 5.10 Å². The first-order chi connectivity index (χ1) is 6.74. The standard InChI is InChI=1S/C11H21N3/c1-4-7-8-14-10(6-3)11(12)9(5-2)13-14/h4-8,12H2,1-3H3. The van der Waals surface area contributed by atoms with Crippen LogP contribution in [0.5, 0.6) is 0 Å². The Balaban J connectivity index is 2.90. The number of rotatable bonds is 5. The molecule has 0 radical (unpaired) electrons. The molecule has 1 heterocycles. The van der Waals surface area contributed by atoms with Crippen molar-refractivity contribution in [2.75, 3.05) is 5.73 Å². The molecular weight excluding hydrogens is 174 g/mol. The number of nitrogen functional groups attached to an aromatic ring is 1. The molecule has 14 heavy (non-hydrogen) atoms. The summed E-state index contributed by atoms with van der Waals surface area (Å²) in [7, 11) is 0. The fourth-order valence-corrected chi connectivity index (χ4v) is 1.69. The molecule has 0 unspecified atom stereocenters. The summed E-state index contributed by atoms with van der Waals surface area (Å²) in [6.07, 6.45) is 4.28. The number of hydrogen-bond acceptors (Lipinski definition) is 2. The minimum atomic E-state index is 0.908. The zero-order chi connectivity index (χ0) is 10.6. The van der Waals surface area contributed by atoms with E-state index in [0.717, 1.165) is 30.8 Å². The van der Waals surface area contributed by atoms with Crippen LogP contribution in [-0.4, -0.2) is 9.78 Å². The highest BCUT2D eigenvalue weighted by molar-refractivity contribution is 5.48. The third-order valence-electron chi connectivity index (χ3n) is 2.57. The summed E-state index contributed by atoms with van der Waals surface area (Å²) < 4.78 is 2.08. The number of aromatic nitrogens is 2. The van der Waals surface area contributed by atoms with Gasteiger partial charge >= 0.3 is 0 Å². The summed E-state index contributed by atoms with van der Waals surface area (Å²) in [5.41, 5.74) is 9.18. The number of anilines is 1. The fourth-order valence-electron chi connectivity index (χ4n) is 1.69.